The van der Waals surface area contributed by atoms with Crippen LogP contribution in [0.1, 0.15) is 53.4 Å². The molecule has 19 heavy (non-hydrogen) atoms. The van der Waals surface area contributed by atoms with Crippen LogP contribution < -0.4 is 0 Å². The zero-order valence-corrected chi connectivity index (χ0v) is 12.3. The van der Waals surface area contributed by atoms with Gasteiger partial charge in [0.25, 0.3) is 0 Å². The van der Waals surface area contributed by atoms with Crippen molar-refractivity contribution < 1.29 is 23.0 Å². The van der Waals surface area contributed by atoms with Gasteiger partial charge in [-0.2, -0.15) is 13.2 Å². The molecule has 116 valence electrons. The van der Waals surface area contributed by atoms with Gasteiger partial charge in [0.05, 0.1) is 12.5 Å². The molecule has 4 atom stereocenters. The van der Waals surface area contributed by atoms with Crippen molar-refractivity contribution in [2.24, 2.45) is 17.8 Å². The Labute approximate surface area is 114 Å². The van der Waals surface area contributed by atoms with Gasteiger partial charge < -0.3 is 9.84 Å². The van der Waals surface area contributed by atoms with Crippen molar-refractivity contribution in [2.45, 2.75) is 65.8 Å². The molecule has 0 saturated heterocycles. The molecule has 0 aliphatic heterocycles. The van der Waals surface area contributed by atoms with E-state index in [4.69, 9.17) is 4.74 Å². The maximum atomic E-state index is 12.5. The second kappa shape index (κ2) is 8.80. The van der Waals surface area contributed by atoms with Crippen LogP contribution in [0.2, 0.25) is 0 Å². The maximum Gasteiger partial charge on any atom is 0.391 e. The first kappa shape index (κ1) is 18.7. The van der Waals surface area contributed by atoms with Crippen LogP contribution in [-0.4, -0.2) is 24.2 Å². The van der Waals surface area contributed by atoms with E-state index in [-0.39, 0.29) is 0 Å². The molecule has 0 heterocycles. The zero-order chi connectivity index (χ0) is 15.1. The molecule has 0 aliphatic carbocycles. The van der Waals surface area contributed by atoms with Gasteiger partial charge in [-0.05, 0) is 12.3 Å². The molecule has 0 fully saturated rings. The highest BCUT2D eigenvalue weighted by molar-refractivity contribution is 4.71. The molecule has 0 radical (unpaired) electrons. The minimum Gasteiger partial charge on any atom is -0.368 e. The zero-order valence-electron chi connectivity index (χ0n) is 12.3. The highest BCUT2D eigenvalue weighted by Gasteiger charge is 2.42. The molecule has 4 unspecified atom stereocenters. The fourth-order valence-electron chi connectivity index (χ4n) is 1.83. The van der Waals surface area contributed by atoms with Gasteiger partial charge in [-0.3, -0.25) is 0 Å². The van der Waals surface area contributed by atoms with Gasteiger partial charge >= 0.3 is 6.18 Å². The van der Waals surface area contributed by atoms with Crippen molar-refractivity contribution in [3.05, 3.63) is 0 Å². The number of hydrogen-bond donors (Lipinski definition) is 1. The Morgan fingerprint density at radius 2 is 1.74 bits per heavy atom. The molecule has 5 heteroatoms. The van der Waals surface area contributed by atoms with Crippen LogP contribution in [0, 0.1) is 17.8 Å². The molecule has 0 aliphatic rings. The number of aliphatic hydroxyl groups is 1. The smallest absolute Gasteiger partial charge is 0.368 e. The van der Waals surface area contributed by atoms with E-state index in [1.807, 2.05) is 6.92 Å². The van der Waals surface area contributed by atoms with E-state index in [2.05, 4.69) is 6.92 Å². The van der Waals surface area contributed by atoms with Crippen molar-refractivity contribution in [1.29, 1.82) is 0 Å². The van der Waals surface area contributed by atoms with Gasteiger partial charge in [0.2, 0.25) is 0 Å². The van der Waals surface area contributed by atoms with Crippen molar-refractivity contribution >= 4 is 0 Å². The van der Waals surface area contributed by atoms with Gasteiger partial charge in [0.15, 0.2) is 6.29 Å². The summed E-state index contributed by atoms with van der Waals surface area (Å²) < 4.78 is 42.8. The van der Waals surface area contributed by atoms with Crippen molar-refractivity contribution in [3.8, 4) is 0 Å². The summed E-state index contributed by atoms with van der Waals surface area (Å²) in [5.41, 5.74) is 0. The molecule has 1 N–H and O–H groups in total. The van der Waals surface area contributed by atoms with Gasteiger partial charge in [0.1, 0.15) is 0 Å². The van der Waals surface area contributed by atoms with Crippen molar-refractivity contribution in [2.75, 3.05) is 6.61 Å². The Morgan fingerprint density at radius 3 is 2.16 bits per heavy atom. The third kappa shape index (κ3) is 7.16. The first-order chi connectivity index (χ1) is 8.73. The Hall–Kier alpha value is -0.290. The first-order valence-corrected chi connectivity index (χ1v) is 7.10. The van der Waals surface area contributed by atoms with E-state index >= 15 is 0 Å². The van der Waals surface area contributed by atoms with Crippen LogP contribution in [0.25, 0.3) is 0 Å². The number of ether oxygens (including phenoxy) is 1. The van der Waals surface area contributed by atoms with Crippen LogP contribution in [0.15, 0.2) is 0 Å². The van der Waals surface area contributed by atoms with Crippen molar-refractivity contribution in [3.63, 3.8) is 0 Å². The summed E-state index contributed by atoms with van der Waals surface area (Å²) in [7, 11) is 0. The van der Waals surface area contributed by atoms with E-state index in [9.17, 15) is 18.3 Å². The van der Waals surface area contributed by atoms with E-state index in [1.165, 1.54) is 6.92 Å². The van der Waals surface area contributed by atoms with Crippen molar-refractivity contribution in [1.82, 2.24) is 0 Å². The van der Waals surface area contributed by atoms with Crippen LogP contribution in [0.4, 0.5) is 13.2 Å². The molecule has 0 amide bonds. The molecular weight excluding hydrogens is 257 g/mol. The quantitative estimate of drug-likeness (QED) is 0.637. The number of hydrogen-bond acceptors (Lipinski definition) is 2. The lowest BCUT2D eigenvalue weighted by Gasteiger charge is -2.28. The number of unbranched alkanes of at least 4 members (excludes halogenated alkanes) is 1. The van der Waals surface area contributed by atoms with E-state index in [1.54, 1.807) is 0 Å². The Balaban J connectivity index is 4.18. The first-order valence-electron chi connectivity index (χ1n) is 7.10. The highest BCUT2D eigenvalue weighted by atomic mass is 19.4. The van der Waals surface area contributed by atoms with Gasteiger partial charge in [0, 0.05) is 5.92 Å². The van der Waals surface area contributed by atoms with E-state index in [0.717, 1.165) is 32.6 Å². The summed E-state index contributed by atoms with van der Waals surface area (Å²) in [5.74, 6) is -2.22. The summed E-state index contributed by atoms with van der Waals surface area (Å²) in [6.45, 7) is 6.89. The fourth-order valence-corrected chi connectivity index (χ4v) is 1.83. The third-order valence-electron chi connectivity index (χ3n) is 3.80. The summed E-state index contributed by atoms with van der Waals surface area (Å²) >= 11 is 0. The number of alkyl halides is 3. The van der Waals surface area contributed by atoms with Gasteiger partial charge in [-0.1, -0.05) is 47.0 Å². The minimum absolute atomic E-state index is 0.308. The molecule has 0 spiro atoms. The molecule has 0 rings (SSSR count). The molecule has 0 saturated carbocycles. The maximum absolute atomic E-state index is 12.5. The summed E-state index contributed by atoms with van der Waals surface area (Å²) in [6, 6.07) is 0. The Bertz CT molecular complexity index is 231. The fraction of sp³-hybridized carbons (Fsp3) is 1.00. The number of rotatable bonds is 9. The van der Waals surface area contributed by atoms with Crippen LogP contribution in [0.5, 0.6) is 0 Å². The normalized spacial score (nSPS) is 18.9. The number of aliphatic hydroxyl groups excluding tert-OH is 1. The molecule has 0 bridgehead atoms. The third-order valence-corrected chi connectivity index (χ3v) is 3.80. The minimum atomic E-state index is -4.30. The SMILES string of the molecule is CCCCC(CC)COC(O)C(C)C(C)C(F)(F)F. The van der Waals surface area contributed by atoms with E-state index < -0.39 is 24.3 Å². The molecule has 0 aromatic carbocycles. The van der Waals surface area contributed by atoms with Crippen LogP contribution in [0.3, 0.4) is 0 Å². The number of halogens is 3. The monoisotopic (exact) mass is 284 g/mol. The highest BCUT2D eigenvalue weighted by Crippen LogP contribution is 2.33. The lowest BCUT2D eigenvalue weighted by Crippen LogP contribution is -2.35. The summed E-state index contributed by atoms with van der Waals surface area (Å²) in [4.78, 5) is 0. The molecule has 2 nitrogen and oxygen atoms in total. The predicted octanol–water partition coefficient (Wildman–Crippen LogP) is 4.37. The molecular formula is C14H27F3O2. The van der Waals surface area contributed by atoms with Crippen LogP contribution in [-0.2, 0) is 4.74 Å². The Kier molecular flexibility index (Phi) is 8.66. The van der Waals surface area contributed by atoms with Gasteiger partial charge in [-0.25, -0.2) is 0 Å². The lowest BCUT2D eigenvalue weighted by molar-refractivity contribution is -0.222. The van der Waals surface area contributed by atoms with Crippen LogP contribution >= 0.6 is 0 Å². The lowest BCUT2D eigenvalue weighted by atomic mass is 9.94. The second-order valence-corrected chi connectivity index (χ2v) is 5.33. The van der Waals surface area contributed by atoms with E-state index in [0.29, 0.717) is 12.5 Å². The molecule has 0 aromatic rings. The summed E-state index contributed by atoms with van der Waals surface area (Å²) in [6.07, 6.45) is -1.59. The predicted molar refractivity (Wildman–Crippen MR) is 69.6 cm³/mol. The standard InChI is InChI=1S/C14H27F3O2/c1-5-7-8-12(6-2)9-19-13(18)10(3)11(4)14(15,16)17/h10-13,18H,5-9H2,1-4H3. The van der Waals surface area contributed by atoms with Gasteiger partial charge in [-0.15, -0.1) is 0 Å². The average molecular weight is 284 g/mol. The Morgan fingerprint density at radius 1 is 1.16 bits per heavy atom. The second-order valence-electron chi connectivity index (χ2n) is 5.33. The summed E-state index contributed by atoms with van der Waals surface area (Å²) in [5, 5.41) is 9.70. The molecule has 0 aromatic heterocycles. The average Bonchev–Trinajstić information content (AvgIpc) is 2.35. The topological polar surface area (TPSA) is 29.5 Å². The largest absolute Gasteiger partial charge is 0.391 e.